The van der Waals surface area contributed by atoms with E-state index >= 15 is 0 Å². The van der Waals surface area contributed by atoms with Gasteiger partial charge in [0.2, 0.25) is 0 Å². The molecule has 2 rings (SSSR count). The van der Waals surface area contributed by atoms with E-state index in [2.05, 4.69) is 12.6 Å². The second-order valence-corrected chi connectivity index (χ2v) is 6.93. The fraction of sp³-hybridized carbons (Fsp3) is 0.222. The summed E-state index contributed by atoms with van der Waals surface area (Å²) in [5.41, 5.74) is 5.28. The number of carboxylic acid groups (broad SMARTS) is 1. The van der Waals surface area contributed by atoms with Crippen LogP contribution in [-0.4, -0.2) is 34.6 Å². The smallest absolute Gasteiger partial charge is 0.0623 e. The number of nitrogens with two attached hydrogens (primary N) is 1. The fourth-order valence-corrected chi connectivity index (χ4v) is 2.76. The molecular weight excluding hydrogens is 265 g/mol. The molecule has 5 heteroatoms. The first-order valence-corrected chi connectivity index (χ1v) is 6.32. The Morgan fingerprint density at radius 1 is 1.29 bits per heavy atom. The Morgan fingerprint density at radius 2 is 1.57 bits per heavy atom. The van der Waals surface area contributed by atoms with Crippen molar-refractivity contribution >= 4 is 33.6 Å². The van der Waals surface area contributed by atoms with Gasteiger partial charge in [-0.05, 0) is 0 Å². The molecule has 3 nitrogen and oxygen atoms in total. The summed E-state index contributed by atoms with van der Waals surface area (Å²) >= 11 is 3.92. The predicted molar refractivity (Wildman–Crippen MR) is 59.5 cm³/mol. The van der Waals surface area contributed by atoms with Gasteiger partial charge in [0, 0.05) is 0 Å². The van der Waals surface area contributed by atoms with Crippen molar-refractivity contribution in [3.05, 3.63) is 36.4 Å². The molecule has 0 bridgehead atoms. The van der Waals surface area contributed by atoms with Gasteiger partial charge in [-0.2, -0.15) is 0 Å². The first kappa shape index (κ1) is 11.6. The average Bonchev–Trinajstić information content (AvgIpc) is 2.80. The van der Waals surface area contributed by atoms with Crippen LogP contribution in [0, 0.1) is 0 Å². The van der Waals surface area contributed by atoms with Gasteiger partial charge in [0.25, 0.3) is 0 Å². The van der Waals surface area contributed by atoms with Crippen LogP contribution < -0.4 is 5.73 Å². The molecule has 1 aliphatic rings. The summed E-state index contributed by atoms with van der Waals surface area (Å²) in [5.74, 6) is -0.919. The minimum absolute atomic E-state index is 0.00193. The molecule has 0 aliphatic carbocycles. The van der Waals surface area contributed by atoms with E-state index in [4.69, 9.17) is 10.8 Å². The van der Waals surface area contributed by atoms with Gasteiger partial charge in [-0.25, -0.2) is 0 Å². The van der Waals surface area contributed by atoms with Crippen LogP contribution in [0.15, 0.2) is 36.4 Å². The van der Waals surface area contributed by atoms with Crippen LogP contribution >= 0.6 is 12.6 Å². The van der Waals surface area contributed by atoms with E-state index < -0.39 is 10.4 Å². The Morgan fingerprint density at radius 3 is 1.64 bits per heavy atom. The molecule has 0 amide bonds. The molecule has 0 radical (unpaired) electrons. The van der Waals surface area contributed by atoms with Crippen molar-refractivity contribution in [1.82, 2.24) is 0 Å². The van der Waals surface area contributed by atoms with Crippen LogP contribution in [0.5, 0.6) is 0 Å². The molecule has 1 aromatic rings. The Balaban J connectivity index is 0.000000146. The molecule has 2 unspecified atom stereocenters. The largest absolute Gasteiger partial charge is 0.0623 e. The number of hydrogen-bond acceptors (Lipinski definition) is 3. The average molecular weight is 276 g/mol. The summed E-state index contributed by atoms with van der Waals surface area (Å²) in [4.78, 5) is 10.1. The summed E-state index contributed by atoms with van der Waals surface area (Å²) in [6.07, 6.45) is 0. The number of hydrogen-bond donors (Lipinski definition) is 3. The minimum Gasteiger partial charge on any atom is -0.0623 e. The van der Waals surface area contributed by atoms with Crippen molar-refractivity contribution in [2.75, 3.05) is 0 Å². The van der Waals surface area contributed by atoms with E-state index in [0.717, 1.165) is 0 Å². The number of rotatable bonds is 1. The molecule has 1 fully saturated rings. The molecular formula is C9H11NO2SSe. The van der Waals surface area contributed by atoms with Crippen LogP contribution in [0.2, 0.25) is 0 Å². The number of thiol groups is 1. The molecule has 3 N–H and O–H groups in total. The van der Waals surface area contributed by atoms with E-state index in [1.807, 2.05) is 36.4 Å². The van der Waals surface area contributed by atoms with Crippen LogP contribution in [-0.2, 0) is 4.79 Å². The van der Waals surface area contributed by atoms with E-state index in [0.29, 0.717) is 0 Å². The molecule has 1 aliphatic heterocycles. The zero-order valence-electron chi connectivity index (χ0n) is 7.33. The number of benzene rings is 1. The van der Waals surface area contributed by atoms with Crippen molar-refractivity contribution < 1.29 is 9.90 Å². The van der Waals surface area contributed by atoms with Crippen LogP contribution in [0.3, 0.4) is 0 Å². The van der Waals surface area contributed by atoms with E-state index in [1.165, 1.54) is 0 Å². The predicted octanol–water partition coefficient (Wildman–Crippen LogP) is 0.386. The second-order valence-electron chi connectivity index (χ2n) is 2.72. The minimum atomic E-state index is -0.948. The molecule has 14 heavy (non-hydrogen) atoms. The van der Waals surface area contributed by atoms with Gasteiger partial charge in [0.1, 0.15) is 0 Å². The van der Waals surface area contributed by atoms with Gasteiger partial charge in [-0.1, -0.05) is 36.4 Å². The third kappa shape index (κ3) is 3.03. The number of carboxylic acids is 1. The SMILES string of the molecule is NC1(C(=O)O)[Se]C1S.c1ccccc1. The third-order valence-corrected chi connectivity index (χ3v) is 5.36. The van der Waals surface area contributed by atoms with Crippen LogP contribution in [0.4, 0.5) is 0 Å². The maximum Gasteiger partial charge on any atom is -0.0623 e. The van der Waals surface area contributed by atoms with Gasteiger partial charge < -0.3 is 0 Å². The zero-order chi connectivity index (χ0) is 10.6. The first-order valence-electron chi connectivity index (χ1n) is 3.95. The van der Waals surface area contributed by atoms with Gasteiger partial charge in [-0.3, -0.25) is 0 Å². The van der Waals surface area contributed by atoms with Crippen molar-refractivity contribution in [1.29, 1.82) is 0 Å². The molecule has 0 aromatic heterocycles. The molecule has 2 atom stereocenters. The first-order chi connectivity index (χ1) is 6.57. The maximum atomic E-state index is 10.1. The molecule has 1 saturated heterocycles. The number of carbonyl (C=O) groups is 1. The van der Waals surface area contributed by atoms with Crippen molar-refractivity contribution in [2.45, 2.75) is 8.59 Å². The molecule has 1 aromatic carbocycles. The van der Waals surface area contributed by atoms with Crippen molar-refractivity contribution in [3.63, 3.8) is 0 Å². The van der Waals surface area contributed by atoms with Gasteiger partial charge in [0.05, 0.1) is 0 Å². The topological polar surface area (TPSA) is 63.3 Å². The van der Waals surface area contributed by atoms with Crippen molar-refractivity contribution in [3.8, 4) is 0 Å². The number of aliphatic carboxylic acids is 1. The fourth-order valence-electron chi connectivity index (χ4n) is 0.692. The summed E-state index contributed by atoms with van der Waals surface area (Å²) in [6, 6.07) is 12.0. The Hall–Kier alpha value is -0.481. The third-order valence-electron chi connectivity index (χ3n) is 1.62. The van der Waals surface area contributed by atoms with E-state index in [9.17, 15) is 4.79 Å². The quantitative estimate of drug-likeness (QED) is 0.513. The Labute approximate surface area is 94.3 Å². The normalized spacial score (nSPS) is 28.6. The maximum absolute atomic E-state index is 10.1. The molecule has 0 saturated carbocycles. The van der Waals surface area contributed by atoms with Crippen molar-refractivity contribution in [2.24, 2.45) is 5.73 Å². The summed E-state index contributed by atoms with van der Waals surface area (Å²) in [5, 5.41) is 8.32. The molecule has 76 valence electrons. The zero-order valence-corrected chi connectivity index (χ0v) is 9.94. The van der Waals surface area contributed by atoms with Gasteiger partial charge in [-0.15, -0.1) is 0 Å². The summed E-state index contributed by atoms with van der Waals surface area (Å²) < 4.78 is -1.02. The van der Waals surface area contributed by atoms with Crippen LogP contribution in [0.25, 0.3) is 0 Å². The Bertz CT molecular complexity index is 282. The van der Waals surface area contributed by atoms with E-state index in [1.54, 1.807) is 0 Å². The van der Waals surface area contributed by atoms with Crippen LogP contribution in [0.1, 0.15) is 0 Å². The van der Waals surface area contributed by atoms with E-state index in [-0.39, 0.29) is 19.1 Å². The molecule has 0 spiro atoms. The van der Waals surface area contributed by atoms with Gasteiger partial charge >= 0.3 is 57.8 Å². The Kier molecular flexibility index (Phi) is 4.01. The monoisotopic (exact) mass is 277 g/mol. The molecule has 1 heterocycles. The van der Waals surface area contributed by atoms with Gasteiger partial charge in [0.15, 0.2) is 0 Å². The second kappa shape index (κ2) is 4.84. The summed E-state index contributed by atoms with van der Waals surface area (Å²) in [7, 11) is 0. The summed E-state index contributed by atoms with van der Waals surface area (Å²) in [6.45, 7) is 0. The standard InChI is InChI=1S/C6H6.C3H5NO2SSe/c1-2-4-6-5-3-1;4-3(1(5)6)2(7)8-3/h1-6H;2,7H,4H2,(H,5,6).